The Balaban J connectivity index is 2.64. The largest absolute Gasteiger partial charge is 0.340 e. The zero-order valence-corrected chi connectivity index (χ0v) is 10.0. The van der Waals surface area contributed by atoms with Crippen LogP contribution in [0, 0.1) is 5.92 Å². The summed E-state index contributed by atoms with van der Waals surface area (Å²) in [6, 6.07) is 0.177. The van der Waals surface area contributed by atoms with Gasteiger partial charge in [0.1, 0.15) is 6.17 Å². The van der Waals surface area contributed by atoms with Gasteiger partial charge in [-0.1, -0.05) is 12.8 Å². The molecular weight excluding hydrogens is 193 g/mol. The average Bonchev–Trinajstić information content (AvgIpc) is 2.18. The quantitative estimate of drug-likeness (QED) is 0.709. The van der Waals surface area contributed by atoms with E-state index >= 15 is 0 Å². The number of halogens is 1. The van der Waals surface area contributed by atoms with Crippen LogP contribution in [0.1, 0.15) is 46.5 Å². The van der Waals surface area contributed by atoms with Crippen LogP contribution in [0.3, 0.4) is 0 Å². The van der Waals surface area contributed by atoms with Crippen LogP contribution in [0.25, 0.3) is 0 Å². The second kappa shape index (κ2) is 5.47. The van der Waals surface area contributed by atoms with Gasteiger partial charge in [0.25, 0.3) is 0 Å². The van der Waals surface area contributed by atoms with Gasteiger partial charge in [-0.15, -0.1) is 0 Å². The van der Waals surface area contributed by atoms with Gasteiger partial charge in [0.05, 0.1) is 5.92 Å². The maximum Gasteiger partial charge on any atom is 0.228 e. The Bertz CT molecular complexity index is 218. The Morgan fingerprint density at radius 2 is 2.00 bits per heavy atom. The van der Waals surface area contributed by atoms with Crippen molar-refractivity contribution in [1.29, 1.82) is 0 Å². The highest BCUT2D eigenvalue weighted by Crippen LogP contribution is 2.28. The van der Waals surface area contributed by atoms with Gasteiger partial charge in [0.15, 0.2) is 0 Å². The summed E-state index contributed by atoms with van der Waals surface area (Å²) in [6.45, 7) is 6.60. The summed E-state index contributed by atoms with van der Waals surface area (Å²) >= 11 is 0. The zero-order valence-electron chi connectivity index (χ0n) is 10.0. The summed E-state index contributed by atoms with van der Waals surface area (Å²) < 4.78 is 13.6. The molecule has 0 saturated heterocycles. The summed E-state index contributed by atoms with van der Waals surface area (Å²) in [4.78, 5) is 13.8. The molecule has 0 spiro atoms. The van der Waals surface area contributed by atoms with E-state index in [0.717, 1.165) is 19.3 Å². The van der Waals surface area contributed by atoms with Gasteiger partial charge in [0, 0.05) is 12.6 Å². The van der Waals surface area contributed by atoms with E-state index in [0.29, 0.717) is 13.0 Å². The third kappa shape index (κ3) is 2.93. The molecule has 2 unspecified atom stereocenters. The van der Waals surface area contributed by atoms with Crippen LogP contribution in [0.2, 0.25) is 0 Å². The Kier molecular flexibility index (Phi) is 4.55. The minimum atomic E-state index is -0.918. The normalized spacial score (nSPS) is 26.7. The van der Waals surface area contributed by atoms with E-state index in [1.54, 1.807) is 4.90 Å². The molecule has 1 amide bonds. The summed E-state index contributed by atoms with van der Waals surface area (Å²) in [6.07, 6.45) is 2.29. The molecule has 0 heterocycles. The van der Waals surface area contributed by atoms with Crippen molar-refractivity contribution in [2.45, 2.75) is 58.7 Å². The Morgan fingerprint density at radius 1 is 1.40 bits per heavy atom. The van der Waals surface area contributed by atoms with Crippen molar-refractivity contribution in [2.75, 3.05) is 6.54 Å². The number of hydrogen-bond acceptors (Lipinski definition) is 1. The summed E-state index contributed by atoms with van der Waals surface area (Å²) in [5.41, 5.74) is 0. The monoisotopic (exact) mass is 215 g/mol. The lowest BCUT2D eigenvalue weighted by Gasteiger charge is -2.33. The first-order chi connectivity index (χ1) is 7.07. The molecule has 0 aromatic rings. The van der Waals surface area contributed by atoms with Crippen molar-refractivity contribution in [3.05, 3.63) is 0 Å². The maximum absolute atomic E-state index is 13.6. The third-order valence-corrected chi connectivity index (χ3v) is 3.25. The standard InChI is InChI=1S/C12H22FNO/c1-4-14(9(2)3)12(15)10-7-5-6-8-11(10)13/h9-11H,4-8H2,1-3H3. The number of alkyl halides is 1. The van der Waals surface area contributed by atoms with Gasteiger partial charge in [-0.3, -0.25) is 4.79 Å². The smallest absolute Gasteiger partial charge is 0.228 e. The van der Waals surface area contributed by atoms with Crippen molar-refractivity contribution in [2.24, 2.45) is 5.92 Å². The van der Waals surface area contributed by atoms with E-state index in [4.69, 9.17) is 0 Å². The second-order valence-corrected chi connectivity index (χ2v) is 4.62. The summed E-state index contributed by atoms with van der Waals surface area (Å²) in [7, 11) is 0. The number of amides is 1. The van der Waals surface area contributed by atoms with Gasteiger partial charge >= 0.3 is 0 Å². The molecular formula is C12H22FNO. The fraction of sp³-hybridized carbons (Fsp3) is 0.917. The predicted octanol–water partition coefficient (Wildman–Crippen LogP) is 2.77. The second-order valence-electron chi connectivity index (χ2n) is 4.62. The molecule has 2 atom stereocenters. The number of carbonyl (C=O) groups excluding carboxylic acids is 1. The molecule has 0 aliphatic heterocycles. The molecule has 2 nitrogen and oxygen atoms in total. The molecule has 1 saturated carbocycles. The fourth-order valence-electron chi connectivity index (χ4n) is 2.35. The Hall–Kier alpha value is -0.600. The first-order valence-corrected chi connectivity index (χ1v) is 6.02. The van der Waals surface area contributed by atoms with Crippen molar-refractivity contribution in [3.63, 3.8) is 0 Å². The van der Waals surface area contributed by atoms with E-state index in [-0.39, 0.29) is 17.9 Å². The number of rotatable bonds is 3. The van der Waals surface area contributed by atoms with E-state index < -0.39 is 6.17 Å². The van der Waals surface area contributed by atoms with Crippen LogP contribution in [0.5, 0.6) is 0 Å². The van der Waals surface area contributed by atoms with E-state index in [9.17, 15) is 9.18 Å². The molecule has 1 rings (SSSR count). The molecule has 1 fully saturated rings. The maximum atomic E-state index is 13.6. The highest BCUT2D eigenvalue weighted by atomic mass is 19.1. The van der Waals surface area contributed by atoms with Crippen LogP contribution in [-0.2, 0) is 4.79 Å². The minimum Gasteiger partial charge on any atom is -0.340 e. The van der Waals surface area contributed by atoms with Crippen molar-refractivity contribution >= 4 is 5.91 Å². The first-order valence-electron chi connectivity index (χ1n) is 6.02. The molecule has 0 bridgehead atoms. The molecule has 15 heavy (non-hydrogen) atoms. The van der Waals surface area contributed by atoms with Gasteiger partial charge in [-0.2, -0.15) is 0 Å². The van der Waals surface area contributed by atoms with E-state index in [1.807, 2.05) is 20.8 Å². The summed E-state index contributed by atoms with van der Waals surface area (Å²) in [5.74, 6) is -0.360. The molecule has 0 aromatic carbocycles. The van der Waals surface area contributed by atoms with E-state index in [1.165, 1.54) is 0 Å². The molecule has 1 aliphatic carbocycles. The van der Waals surface area contributed by atoms with Crippen LogP contribution in [0.15, 0.2) is 0 Å². The van der Waals surface area contributed by atoms with E-state index in [2.05, 4.69) is 0 Å². The van der Waals surface area contributed by atoms with Crippen LogP contribution < -0.4 is 0 Å². The van der Waals surface area contributed by atoms with Gasteiger partial charge in [-0.05, 0) is 33.6 Å². The number of carbonyl (C=O) groups is 1. The summed E-state index contributed by atoms with van der Waals surface area (Å²) in [5, 5.41) is 0. The molecule has 1 aliphatic rings. The highest BCUT2D eigenvalue weighted by Gasteiger charge is 2.33. The lowest BCUT2D eigenvalue weighted by Crippen LogP contribution is -2.44. The predicted molar refractivity (Wildman–Crippen MR) is 59.4 cm³/mol. The lowest BCUT2D eigenvalue weighted by molar-refractivity contribution is -0.140. The molecule has 0 N–H and O–H groups in total. The SMILES string of the molecule is CCN(C(=O)C1CCCCC1F)C(C)C. The van der Waals surface area contributed by atoms with Gasteiger partial charge in [0.2, 0.25) is 5.91 Å². The third-order valence-electron chi connectivity index (χ3n) is 3.25. The van der Waals surface area contributed by atoms with Crippen molar-refractivity contribution < 1.29 is 9.18 Å². The fourth-order valence-corrected chi connectivity index (χ4v) is 2.35. The first kappa shape index (κ1) is 12.5. The van der Waals surface area contributed by atoms with Gasteiger partial charge < -0.3 is 4.90 Å². The lowest BCUT2D eigenvalue weighted by atomic mass is 9.86. The zero-order chi connectivity index (χ0) is 11.4. The Labute approximate surface area is 91.8 Å². The van der Waals surface area contributed by atoms with Crippen molar-refractivity contribution in [3.8, 4) is 0 Å². The minimum absolute atomic E-state index is 0.0136. The molecule has 0 aromatic heterocycles. The Morgan fingerprint density at radius 3 is 2.47 bits per heavy atom. The van der Waals surface area contributed by atoms with Crippen LogP contribution in [-0.4, -0.2) is 29.6 Å². The molecule has 0 radical (unpaired) electrons. The van der Waals surface area contributed by atoms with Crippen molar-refractivity contribution in [1.82, 2.24) is 4.90 Å². The van der Waals surface area contributed by atoms with Crippen LogP contribution >= 0.6 is 0 Å². The van der Waals surface area contributed by atoms with Crippen LogP contribution in [0.4, 0.5) is 4.39 Å². The van der Waals surface area contributed by atoms with Gasteiger partial charge in [-0.25, -0.2) is 4.39 Å². The number of nitrogens with zero attached hydrogens (tertiary/aromatic N) is 1. The topological polar surface area (TPSA) is 20.3 Å². The molecule has 3 heteroatoms. The average molecular weight is 215 g/mol. The molecule has 88 valence electrons. The number of hydrogen-bond donors (Lipinski definition) is 0. The highest BCUT2D eigenvalue weighted by molar-refractivity contribution is 5.79.